The quantitative estimate of drug-likeness (QED) is 0.597. The van der Waals surface area contributed by atoms with Crippen LogP contribution in [0.2, 0.25) is 5.02 Å². The van der Waals surface area contributed by atoms with Crippen molar-refractivity contribution < 1.29 is 4.79 Å². The fourth-order valence-corrected chi connectivity index (χ4v) is 1.92. The maximum Gasteiger partial charge on any atom is 0.270 e. The summed E-state index contributed by atoms with van der Waals surface area (Å²) in [6.45, 7) is 0. The number of nitrogens with two attached hydrogens (primary N) is 1. The summed E-state index contributed by atoms with van der Waals surface area (Å²) in [4.78, 5) is 12.1. The molecule has 1 amide bonds. The van der Waals surface area contributed by atoms with Crippen molar-refractivity contribution in [3.05, 3.63) is 71.0 Å². The highest BCUT2D eigenvalue weighted by atomic mass is 35.5. The first kappa shape index (κ1) is 15.4. The predicted molar refractivity (Wildman–Crippen MR) is 87.0 cm³/mol. The van der Waals surface area contributed by atoms with E-state index >= 15 is 0 Å². The van der Waals surface area contributed by atoms with Gasteiger partial charge in [-0.2, -0.15) is 5.26 Å². The first-order valence-corrected chi connectivity index (χ1v) is 6.77. The fraction of sp³-hybridized carbons (Fsp3) is 0. The van der Waals surface area contributed by atoms with Gasteiger partial charge in [0.1, 0.15) is 11.9 Å². The van der Waals surface area contributed by atoms with Crippen LogP contribution < -0.4 is 16.4 Å². The standard InChI is InChI=1S/C16H13ClN4O/c17-11-5-4-8-13(9-11)20-15(19)14(10-18)16(22)21-12-6-2-1-3-7-12/h1-9,20H,19H2,(H,21,22). The zero-order valence-corrected chi connectivity index (χ0v) is 12.3. The molecular weight excluding hydrogens is 300 g/mol. The van der Waals surface area contributed by atoms with Crippen molar-refractivity contribution in [2.24, 2.45) is 5.73 Å². The molecule has 0 aliphatic heterocycles. The van der Waals surface area contributed by atoms with Crippen LogP contribution in [0.3, 0.4) is 0 Å². The molecule has 0 aromatic heterocycles. The van der Waals surface area contributed by atoms with E-state index < -0.39 is 5.91 Å². The molecule has 0 aliphatic carbocycles. The summed E-state index contributed by atoms with van der Waals surface area (Å²) >= 11 is 5.87. The van der Waals surface area contributed by atoms with Crippen molar-refractivity contribution in [2.75, 3.05) is 10.6 Å². The minimum Gasteiger partial charge on any atom is -0.384 e. The molecule has 6 heteroatoms. The van der Waals surface area contributed by atoms with E-state index in [0.29, 0.717) is 16.4 Å². The van der Waals surface area contributed by atoms with Gasteiger partial charge in [0.05, 0.1) is 0 Å². The Morgan fingerprint density at radius 2 is 1.73 bits per heavy atom. The van der Waals surface area contributed by atoms with Gasteiger partial charge >= 0.3 is 0 Å². The van der Waals surface area contributed by atoms with E-state index in [0.717, 1.165) is 0 Å². The normalized spacial score (nSPS) is 11.1. The molecule has 0 unspecified atom stereocenters. The minimum absolute atomic E-state index is 0.0433. The predicted octanol–water partition coefficient (Wildman–Crippen LogP) is 3.08. The fourth-order valence-electron chi connectivity index (χ4n) is 1.73. The van der Waals surface area contributed by atoms with Gasteiger partial charge in [0.2, 0.25) is 0 Å². The lowest BCUT2D eigenvalue weighted by Crippen LogP contribution is -2.21. The zero-order valence-electron chi connectivity index (χ0n) is 11.5. The van der Waals surface area contributed by atoms with Crippen LogP contribution in [-0.4, -0.2) is 5.91 Å². The number of hydrogen-bond acceptors (Lipinski definition) is 4. The number of carbonyl (C=O) groups excluding carboxylic acids is 1. The van der Waals surface area contributed by atoms with Gasteiger partial charge in [-0.05, 0) is 30.3 Å². The Morgan fingerprint density at radius 3 is 2.36 bits per heavy atom. The van der Waals surface area contributed by atoms with Gasteiger partial charge in [-0.15, -0.1) is 0 Å². The second-order valence-corrected chi connectivity index (χ2v) is 4.79. The van der Waals surface area contributed by atoms with Gasteiger partial charge in [0.25, 0.3) is 5.91 Å². The number of rotatable bonds is 4. The van der Waals surface area contributed by atoms with Gasteiger partial charge < -0.3 is 16.4 Å². The molecule has 0 bridgehead atoms. The number of nitriles is 1. The summed E-state index contributed by atoms with van der Waals surface area (Å²) in [6.07, 6.45) is 0. The van der Waals surface area contributed by atoms with Gasteiger partial charge in [-0.1, -0.05) is 35.9 Å². The highest BCUT2D eigenvalue weighted by molar-refractivity contribution is 6.30. The molecule has 0 saturated heterocycles. The van der Waals surface area contributed by atoms with Crippen molar-refractivity contribution in [1.82, 2.24) is 0 Å². The summed E-state index contributed by atoms with van der Waals surface area (Å²) in [5, 5.41) is 15.1. The molecule has 4 N–H and O–H groups in total. The summed E-state index contributed by atoms with van der Waals surface area (Å²) in [6, 6.07) is 17.4. The molecule has 0 aliphatic rings. The molecule has 0 radical (unpaired) electrons. The summed E-state index contributed by atoms with van der Waals surface area (Å²) in [5.41, 5.74) is 6.77. The summed E-state index contributed by atoms with van der Waals surface area (Å²) in [5.74, 6) is -0.626. The number of para-hydroxylation sites is 1. The van der Waals surface area contributed by atoms with Crippen LogP contribution in [-0.2, 0) is 4.79 Å². The van der Waals surface area contributed by atoms with Crippen molar-refractivity contribution in [2.45, 2.75) is 0 Å². The number of anilines is 2. The minimum atomic E-state index is -0.583. The molecule has 22 heavy (non-hydrogen) atoms. The number of nitrogens with zero attached hydrogens (tertiary/aromatic N) is 1. The van der Waals surface area contributed by atoms with E-state index in [4.69, 9.17) is 22.6 Å². The van der Waals surface area contributed by atoms with Crippen LogP contribution in [0.4, 0.5) is 11.4 Å². The van der Waals surface area contributed by atoms with E-state index in [9.17, 15) is 4.79 Å². The van der Waals surface area contributed by atoms with Crippen LogP contribution in [0.1, 0.15) is 0 Å². The van der Waals surface area contributed by atoms with Gasteiger partial charge in [-0.3, -0.25) is 4.79 Å². The SMILES string of the molecule is N#CC(C(=O)Nc1ccccc1)=C(N)Nc1cccc(Cl)c1. The van der Waals surface area contributed by atoms with E-state index in [-0.39, 0.29) is 11.4 Å². The van der Waals surface area contributed by atoms with Gasteiger partial charge in [0.15, 0.2) is 5.57 Å². The molecular formula is C16H13ClN4O. The smallest absolute Gasteiger partial charge is 0.270 e. The Balaban J connectivity index is 2.18. The average molecular weight is 313 g/mol. The zero-order chi connectivity index (χ0) is 15.9. The van der Waals surface area contributed by atoms with Crippen LogP contribution in [0.25, 0.3) is 0 Å². The van der Waals surface area contributed by atoms with Crippen molar-refractivity contribution >= 4 is 28.9 Å². The summed E-state index contributed by atoms with van der Waals surface area (Å²) < 4.78 is 0. The van der Waals surface area contributed by atoms with Crippen molar-refractivity contribution in [1.29, 1.82) is 5.26 Å². The van der Waals surface area contributed by atoms with Crippen molar-refractivity contribution in [3.8, 4) is 6.07 Å². The molecule has 2 aromatic carbocycles. The van der Waals surface area contributed by atoms with E-state index in [1.54, 1.807) is 54.6 Å². The first-order valence-electron chi connectivity index (χ1n) is 6.39. The van der Waals surface area contributed by atoms with E-state index in [1.807, 2.05) is 6.07 Å². The molecule has 0 fully saturated rings. The molecule has 2 rings (SSSR count). The first-order chi connectivity index (χ1) is 10.6. The molecule has 0 spiro atoms. The van der Waals surface area contributed by atoms with Crippen LogP contribution in [0.15, 0.2) is 66.0 Å². The summed E-state index contributed by atoms with van der Waals surface area (Å²) in [7, 11) is 0. The molecule has 2 aromatic rings. The Hall–Kier alpha value is -2.97. The number of halogens is 1. The maximum absolute atomic E-state index is 12.1. The lowest BCUT2D eigenvalue weighted by atomic mass is 10.2. The van der Waals surface area contributed by atoms with Gasteiger partial charge in [0, 0.05) is 16.4 Å². The average Bonchev–Trinajstić information content (AvgIpc) is 2.49. The third kappa shape index (κ3) is 4.01. The number of benzene rings is 2. The Labute approximate surface area is 133 Å². The Kier molecular flexibility index (Phi) is 5.02. The Morgan fingerprint density at radius 1 is 1.05 bits per heavy atom. The maximum atomic E-state index is 12.1. The van der Waals surface area contributed by atoms with Crippen LogP contribution >= 0.6 is 11.6 Å². The van der Waals surface area contributed by atoms with Crippen LogP contribution in [0, 0.1) is 11.3 Å². The highest BCUT2D eigenvalue weighted by Gasteiger charge is 2.14. The topological polar surface area (TPSA) is 90.9 Å². The Bertz CT molecular complexity index is 750. The molecule has 5 nitrogen and oxygen atoms in total. The largest absolute Gasteiger partial charge is 0.384 e. The van der Waals surface area contributed by atoms with E-state index in [1.165, 1.54) is 0 Å². The number of amides is 1. The molecule has 0 saturated carbocycles. The number of hydrogen-bond donors (Lipinski definition) is 3. The molecule has 0 heterocycles. The second kappa shape index (κ2) is 7.16. The number of nitrogens with one attached hydrogen (secondary N) is 2. The molecule has 0 atom stereocenters. The molecule has 110 valence electrons. The second-order valence-electron chi connectivity index (χ2n) is 4.36. The third-order valence-corrected chi connectivity index (χ3v) is 2.98. The lowest BCUT2D eigenvalue weighted by Gasteiger charge is -2.10. The van der Waals surface area contributed by atoms with Crippen LogP contribution in [0.5, 0.6) is 0 Å². The lowest BCUT2D eigenvalue weighted by molar-refractivity contribution is -0.112. The number of carbonyl (C=O) groups is 1. The monoisotopic (exact) mass is 312 g/mol. The van der Waals surface area contributed by atoms with E-state index in [2.05, 4.69) is 10.6 Å². The highest BCUT2D eigenvalue weighted by Crippen LogP contribution is 2.17. The third-order valence-electron chi connectivity index (χ3n) is 2.74. The van der Waals surface area contributed by atoms with Gasteiger partial charge in [-0.25, -0.2) is 0 Å². The van der Waals surface area contributed by atoms with Crippen molar-refractivity contribution in [3.63, 3.8) is 0 Å².